The minimum atomic E-state index is -2.87. The number of ether oxygens (including phenoxy) is 3. The van der Waals surface area contributed by atoms with Crippen LogP contribution in [0.2, 0.25) is 0 Å². The molecule has 0 saturated heterocycles. The van der Waals surface area contributed by atoms with Crippen LogP contribution in [0.4, 0.5) is 8.78 Å². The SMILES string of the molecule is COC1(C)CCC(OC2=NCc3cc(CC(=O)C[C@H](COC(F)F)c4ccccc4)ncc32)CC1. The van der Waals surface area contributed by atoms with Crippen LogP contribution < -0.4 is 0 Å². The van der Waals surface area contributed by atoms with E-state index in [9.17, 15) is 13.6 Å². The summed E-state index contributed by atoms with van der Waals surface area (Å²) in [5, 5.41) is 0. The highest BCUT2D eigenvalue weighted by Crippen LogP contribution is 2.33. The van der Waals surface area contributed by atoms with E-state index in [1.165, 1.54) is 0 Å². The van der Waals surface area contributed by atoms with Gasteiger partial charge in [-0.15, -0.1) is 0 Å². The lowest BCUT2D eigenvalue weighted by Gasteiger charge is -2.36. The molecule has 8 heteroatoms. The molecule has 0 radical (unpaired) electrons. The third-order valence-corrected chi connectivity index (χ3v) is 6.98. The summed E-state index contributed by atoms with van der Waals surface area (Å²) in [5.41, 5.74) is 3.21. The zero-order valence-electron chi connectivity index (χ0n) is 20.2. The van der Waals surface area contributed by atoms with E-state index in [1.54, 1.807) is 13.3 Å². The van der Waals surface area contributed by atoms with E-state index < -0.39 is 12.5 Å². The van der Waals surface area contributed by atoms with Crippen molar-refractivity contribution in [2.75, 3.05) is 13.7 Å². The third kappa shape index (κ3) is 6.70. The molecule has 1 aromatic heterocycles. The molecule has 0 bridgehead atoms. The largest absolute Gasteiger partial charge is 0.474 e. The molecule has 35 heavy (non-hydrogen) atoms. The average molecular weight is 487 g/mol. The van der Waals surface area contributed by atoms with Crippen molar-refractivity contribution in [3.8, 4) is 0 Å². The molecular formula is C27H32F2N2O4. The fourth-order valence-electron chi connectivity index (χ4n) is 4.73. The molecular weight excluding hydrogens is 454 g/mol. The van der Waals surface area contributed by atoms with Gasteiger partial charge in [0, 0.05) is 37.8 Å². The maximum Gasteiger partial charge on any atom is 0.345 e. The van der Waals surface area contributed by atoms with Crippen molar-refractivity contribution in [1.29, 1.82) is 0 Å². The number of halogens is 2. The van der Waals surface area contributed by atoms with Crippen molar-refractivity contribution >= 4 is 11.7 Å². The Morgan fingerprint density at radius 2 is 1.94 bits per heavy atom. The fraction of sp³-hybridized carbons (Fsp3) is 0.519. The smallest absolute Gasteiger partial charge is 0.345 e. The summed E-state index contributed by atoms with van der Waals surface area (Å²) in [4.78, 5) is 21.8. The van der Waals surface area contributed by atoms with Crippen LogP contribution in [0.3, 0.4) is 0 Å². The summed E-state index contributed by atoms with van der Waals surface area (Å²) in [5.74, 6) is 0.0959. The van der Waals surface area contributed by atoms with Crippen molar-refractivity contribution in [3.63, 3.8) is 0 Å². The summed E-state index contributed by atoms with van der Waals surface area (Å²) >= 11 is 0. The summed E-state index contributed by atoms with van der Waals surface area (Å²) in [6, 6.07) is 11.0. The van der Waals surface area contributed by atoms with Gasteiger partial charge in [-0.2, -0.15) is 8.78 Å². The van der Waals surface area contributed by atoms with Crippen LogP contribution in [0.25, 0.3) is 0 Å². The third-order valence-electron chi connectivity index (χ3n) is 6.98. The van der Waals surface area contributed by atoms with Gasteiger partial charge >= 0.3 is 6.61 Å². The molecule has 2 aromatic rings. The summed E-state index contributed by atoms with van der Waals surface area (Å²) in [6.07, 6.45) is 5.77. The molecule has 2 aliphatic rings. The second kappa shape index (κ2) is 11.4. The second-order valence-corrected chi connectivity index (χ2v) is 9.55. The van der Waals surface area contributed by atoms with Gasteiger partial charge in [-0.1, -0.05) is 30.3 Å². The Bertz CT molecular complexity index is 1040. The van der Waals surface area contributed by atoms with Gasteiger partial charge in [-0.25, -0.2) is 4.99 Å². The number of pyridine rings is 1. The molecule has 0 unspecified atom stereocenters. The predicted molar refractivity (Wildman–Crippen MR) is 128 cm³/mol. The number of methoxy groups -OCH3 is 1. The number of carbonyl (C=O) groups is 1. The fourth-order valence-corrected chi connectivity index (χ4v) is 4.73. The number of benzene rings is 1. The Kier molecular flexibility index (Phi) is 8.23. The van der Waals surface area contributed by atoms with E-state index in [1.807, 2.05) is 36.4 Å². The molecule has 0 spiro atoms. The van der Waals surface area contributed by atoms with Crippen molar-refractivity contribution in [3.05, 3.63) is 65.0 Å². The molecule has 0 N–H and O–H groups in total. The Morgan fingerprint density at radius 1 is 1.20 bits per heavy atom. The average Bonchev–Trinajstić information content (AvgIpc) is 3.25. The Hall–Kier alpha value is -2.71. The minimum Gasteiger partial charge on any atom is -0.474 e. The molecule has 2 heterocycles. The molecule has 188 valence electrons. The zero-order valence-corrected chi connectivity index (χ0v) is 20.2. The lowest BCUT2D eigenvalue weighted by Crippen LogP contribution is -2.36. The highest BCUT2D eigenvalue weighted by atomic mass is 19.3. The minimum absolute atomic E-state index is 0.0800. The molecule has 1 fully saturated rings. The number of alkyl halides is 2. The van der Waals surface area contributed by atoms with Crippen LogP contribution in [0.5, 0.6) is 0 Å². The molecule has 0 amide bonds. The summed E-state index contributed by atoms with van der Waals surface area (Å²) in [7, 11) is 1.76. The molecule has 1 aliphatic heterocycles. The summed E-state index contributed by atoms with van der Waals surface area (Å²) < 4.78 is 41.5. The van der Waals surface area contributed by atoms with Crippen molar-refractivity contribution < 1.29 is 27.8 Å². The van der Waals surface area contributed by atoms with Gasteiger partial charge in [-0.05, 0) is 49.8 Å². The van der Waals surface area contributed by atoms with E-state index in [0.29, 0.717) is 18.1 Å². The van der Waals surface area contributed by atoms with E-state index in [2.05, 4.69) is 21.6 Å². The van der Waals surface area contributed by atoms with Crippen molar-refractivity contribution in [1.82, 2.24) is 4.98 Å². The number of hydrogen-bond donors (Lipinski definition) is 0. The Morgan fingerprint density at radius 3 is 2.63 bits per heavy atom. The number of carbonyl (C=O) groups excluding carboxylic acids is 1. The Labute approximate surface area is 204 Å². The van der Waals surface area contributed by atoms with Gasteiger partial charge in [-0.3, -0.25) is 9.78 Å². The van der Waals surface area contributed by atoms with Gasteiger partial charge in [0.2, 0.25) is 5.90 Å². The normalized spacial score (nSPS) is 22.5. The molecule has 1 aliphatic carbocycles. The number of aliphatic imine (C=N–C) groups is 1. The number of hydrogen-bond acceptors (Lipinski definition) is 6. The summed E-state index contributed by atoms with van der Waals surface area (Å²) in [6.45, 7) is -0.466. The molecule has 1 saturated carbocycles. The van der Waals surface area contributed by atoms with E-state index in [4.69, 9.17) is 9.47 Å². The monoisotopic (exact) mass is 486 g/mol. The number of Topliss-reactive ketones (excluding diaryl/α,β-unsaturated/α-hetero) is 1. The number of nitrogens with zero attached hydrogens (tertiary/aromatic N) is 2. The lowest BCUT2D eigenvalue weighted by atomic mass is 9.84. The second-order valence-electron chi connectivity index (χ2n) is 9.55. The lowest BCUT2D eigenvalue weighted by molar-refractivity contribution is -0.136. The van der Waals surface area contributed by atoms with Gasteiger partial charge in [0.15, 0.2) is 0 Å². The molecule has 1 atom stereocenters. The van der Waals surface area contributed by atoms with Crippen LogP contribution in [-0.4, -0.2) is 48.7 Å². The number of aromatic nitrogens is 1. The number of fused-ring (bicyclic) bond motifs is 1. The van der Waals surface area contributed by atoms with E-state index >= 15 is 0 Å². The molecule has 6 nitrogen and oxygen atoms in total. The van der Waals surface area contributed by atoms with E-state index in [-0.39, 0.29) is 36.9 Å². The zero-order chi connectivity index (χ0) is 24.8. The maximum absolute atomic E-state index is 12.8. The molecule has 4 rings (SSSR count). The van der Waals surface area contributed by atoms with Crippen LogP contribution in [0, 0.1) is 0 Å². The van der Waals surface area contributed by atoms with Crippen molar-refractivity contribution in [2.24, 2.45) is 4.99 Å². The van der Waals surface area contributed by atoms with Gasteiger partial charge in [0.05, 0.1) is 24.3 Å². The van der Waals surface area contributed by atoms with Crippen LogP contribution in [0.1, 0.15) is 67.3 Å². The first-order valence-corrected chi connectivity index (χ1v) is 12.1. The van der Waals surface area contributed by atoms with Crippen molar-refractivity contribution in [2.45, 2.75) is 76.2 Å². The molecule has 1 aromatic carbocycles. The predicted octanol–water partition coefficient (Wildman–Crippen LogP) is 5.23. The first-order chi connectivity index (χ1) is 16.8. The first kappa shape index (κ1) is 25.4. The topological polar surface area (TPSA) is 70.0 Å². The van der Waals surface area contributed by atoms with Crippen LogP contribution in [-0.2, 0) is 32.0 Å². The standard InChI is InChI=1S/C27H32F2N2O4/c1-27(33-2)10-8-23(9-11-27)35-25-24-16-30-21(12-19(24)15-31-25)14-22(32)13-20(17-34-26(28)29)18-6-4-3-5-7-18/h3-7,12,16,20,23,26H,8-11,13-15,17H2,1-2H3/t20-,23?,27?/m1/s1. The highest BCUT2D eigenvalue weighted by Gasteiger charge is 2.33. The van der Waals surface area contributed by atoms with Crippen LogP contribution >= 0.6 is 0 Å². The van der Waals surface area contributed by atoms with Gasteiger partial charge in [0.1, 0.15) is 11.9 Å². The van der Waals surface area contributed by atoms with Gasteiger partial charge in [0.25, 0.3) is 0 Å². The first-order valence-electron chi connectivity index (χ1n) is 12.1. The van der Waals surface area contributed by atoms with E-state index in [0.717, 1.165) is 42.4 Å². The number of rotatable bonds is 10. The number of ketones is 1. The quantitative estimate of drug-likeness (QED) is 0.460. The Balaban J connectivity index is 1.34. The maximum atomic E-state index is 12.8. The van der Waals surface area contributed by atoms with Gasteiger partial charge < -0.3 is 14.2 Å². The highest BCUT2D eigenvalue weighted by molar-refractivity contribution is 5.97. The van der Waals surface area contributed by atoms with Crippen LogP contribution in [0.15, 0.2) is 47.6 Å².